The summed E-state index contributed by atoms with van der Waals surface area (Å²) in [6.45, 7) is 61.0. The maximum absolute atomic E-state index is 11.2. The predicted octanol–water partition coefficient (Wildman–Crippen LogP) is 15.2. The summed E-state index contributed by atoms with van der Waals surface area (Å²) in [5, 5.41) is 0.153. The van der Waals surface area contributed by atoms with Gasteiger partial charge in [-0.3, -0.25) is 13.6 Å². The number of hydrogen-bond acceptors (Lipinski definition) is 6. The predicted molar refractivity (Wildman–Crippen MR) is 272 cm³/mol. The molecule has 0 aliphatic rings. The van der Waals surface area contributed by atoms with Gasteiger partial charge in [-0.25, -0.2) is 8.42 Å². The van der Waals surface area contributed by atoms with Gasteiger partial charge in [0, 0.05) is 44.5 Å². The molecular formula is C48H107O6PS3. The Labute approximate surface area is 375 Å². The second kappa shape index (κ2) is 37.6. The molecule has 6 nitrogen and oxygen atoms in total. The van der Waals surface area contributed by atoms with E-state index in [2.05, 4.69) is 96.9 Å². The molecular weight excluding hydrogens is 800 g/mol. The number of Topliss-reactive ketones (excluding diaryl/α,β-unsaturated/α-hetero) is 1. The van der Waals surface area contributed by atoms with Crippen LogP contribution in [0.15, 0.2) is 0 Å². The van der Waals surface area contributed by atoms with E-state index < -0.39 is 28.0 Å². The van der Waals surface area contributed by atoms with Crippen molar-refractivity contribution in [3.8, 4) is 0 Å². The summed E-state index contributed by atoms with van der Waals surface area (Å²) in [6.07, 6.45) is 0. The average molecular weight is 908 g/mol. The van der Waals surface area contributed by atoms with Gasteiger partial charge in [0.2, 0.25) is 7.37 Å². The van der Waals surface area contributed by atoms with Crippen molar-refractivity contribution in [2.75, 3.05) is 0 Å². The molecule has 0 aromatic carbocycles. The van der Waals surface area contributed by atoms with Gasteiger partial charge in [-0.15, -0.1) is 0 Å². The lowest BCUT2D eigenvalue weighted by atomic mass is 9.88. The van der Waals surface area contributed by atoms with Crippen molar-refractivity contribution >= 4 is 50.9 Å². The molecule has 10 heteroatoms. The zero-order valence-electron chi connectivity index (χ0n) is 44.4. The second-order valence-electron chi connectivity index (χ2n) is 20.1. The third-order valence-corrected chi connectivity index (χ3v) is 18.6. The fourth-order valence-electron chi connectivity index (χ4n) is 4.56. The van der Waals surface area contributed by atoms with Gasteiger partial charge in [-0.1, -0.05) is 192 Å². The van der Waals surface area contributed by atoms with Gasteiger partial charge in [0.1, 0.15) is 5.78 Å². The summed E-state index contributed by atoms with van der Waals surface area (Å²) in [5.41, 5.74) is -0.199. The zero-order valence-corrected chi connectivity index (χ0v) is 47.7. The highest BCUT2D eigenvalue weighted by Gasteiger charge is 2.26. The zero-order chi connectivity index (χ0) is 49.0. The lowest BCUT2D eigenvalue weighted by Crippen LogP contribution is -2.23. The van der Waals surface area contributed by atoms with Crippen LogP contribution < -0.4 is 0 Å². The van der Waals surface area contributed by atoms with E-state index in [1.54, 1.807) is 55.4 Å². The van der Waals surface area contributed by atoms with Crippen LogP contribution in [0.2, 0.25) is 0 Å². The molecule has 0 saturated heterocycles. The van der Waals surface area contributed by atoms with E-state index in [0.29, 0.717) is 28.1 Å². The van der Waals surface area contributed by atoms with E-state index >= 15 is 0 Å². The van der Waals surface area contributed by atoms with E-state index in [1.807, 2.05) is 55.4 Å². The molecule has 0 rings (SSSR count). The molecule has 1 N–H and O–H groups in total. The molecule has 0 unspecified atom stereocenters. The third kappa shape index (κ3) is 41.4. The molecule has 0 bridgehead atoms. The van der Waals surface area contributed by atoms with E-state index in [1.165, 1.54) is 4.86 Å². The van der Waals surface area contributed by atoms with Crippen LogP contribution in [0.3, 0.4) is 0 Å². The smallest absolute Gasteiger partial charge is 0.205 e. The van der Waals surface area contributed by atoms with E-state index in [9.17, 15) is 26.9 Å². The number of thiocarbonyl (C=S) groups is 1. The molecule has 0 atom stereocenters. The highest BCUT2D eigenvalue weighted by Crippen LogP contribution is 2.50. The molecule has 0 aromatic rings. The van der Waals surface area contributed by atoms with Gasteiger partial charge in [0.05, 0.1) is 10.5 Å². The van der Waals surface area contributed by atoms with Crippen LogP contribution in [-0.4, -0.2) is 60.5 Å². The second-order valence-corrected chi connectivity index (χ2v) is 29.6. The molecule has 0 radical (unpaired) electrons. The molecule has 0 aliphatic carbocycles. The standard InChI is InChI=1S/2C8H18.C7H14O.C7H14S.C6H15O2P.C6H14O2S.C6H14OS/c2*1-6(2)8(5)7(3)4;2*1-5(2)7(8)6(3)4;2*1-5(2)9(7,8)6(3)4;1-5(2)8(7)6(3)4/h2*6-8H,1-5H3;2*5-6H,1-4H3;5-6H,1-4H3,(H,7,8);5-6H,1-4H3;5-6H,1-4H3. The number of rotatable bonds is 14. The van der Waals surface area contributed by atoms with Gasteiger partial charge < -0.3 is 4.89 Å². The van der Waals surface area contributed by atoms with Crippen molar-refractivity contribution in [1.29, 1.82) is 0 Å². The minimum Gasteiger partial charge on any atom is -0.344 e. The van der Waals surface area contributed by atoms with Crippen molar-refractivity contribution in [2.45, 2.75) is 240 Å². The van der Waals surface area contributed by atoms with Crippen LogP contribution in [0.25, 0.3) is 0 Å². The SMILES string of the molecule is CC(C)C(=O)C(C)C.CC(C)C(=S)C(C)C.CC(C)C(C)C(C)C.CC(C)C(C)C(C)C.CC(C)P(=O)(O)C(C)C.CC(C)S(=O)(=O)C(C)C.CC(C)S(=O)C(C)C. The quantitative estimate of drug-likeness (QED) is 0.137. The molecule has 58 heavy (non-hydrogen) atoms. The Hall–Kier alpha value is 0.0500. The van der Waals surface area contributed by atoms with Gasteiger partial charge in [-0.05, 0) is 79.9 Å². The summed E-state index contributed by atoms with van der Waals surface area (Å²) in [6, 6.07) is 0. The van der Waals surface area contributed by atoms with Crippen LogP contribution >= 0.6 is 19.6 Å². The van der Waals surface area contributed by atoms with Crippen molar-refractivity contribution < 1.29 is 26.9 Å². The Kier molecular flexibility index (Phi) is 47.0. The monoisotopic (exact) mass is 907 g/mol. The largest absolute Gasteiger partial charge is 0.344 e. The van der Waals surface area contributed by atoms with Crippen LogP contribution in [0, 0.1) is 59.2 Å². The first-order valence-corrected chi connectivity index (χ1v) is 27.7. The minimum absolute atomic E-state index is 0.0995. The summed E-state index contributed by atoms with van der Waals surface area (Å²) in [5.74, 6) is 7.02. The first-order chi connectivity index (χ1) is 25.5. The maximum Gasteiger partial charge on any atom is 0.205 e. The summed E-state index contributed by atoms with van der Waals surface area (Å²) in [4.78, 5) is 21.3. The van der Waals surface area contributed by atoms with Crippen molar-refractivity contribution in [2.24, 2.45) is 59.2 Å². The number of carbonyl (C=O) groups is 1. The van der Waals surface area contributed by atoms with Crippen molar-refractivity contribution in [1.82, 2.24) is 0 Å². The molecule has 0 fully saturated rings. The topological polar surface area (TPSA) is 106 Å². The molecule has 358 valence electrons. The molecule has 0 aromatic heterocycles. The average Bonchev–Trinajstić information content (AvgIpc) is 3.07. The van der Waals surface area contributed by atoms with Gasteiger partial charge >= 0.3 is 0 Å². The molecule has 0 aliphatic heterocycles. The number of hydrogen-bond donors (Lipinski definition) is 1. The van der Waals surface area contributed by atoms with E-state index in [-0.39, 0.29) is 33.7 Å². The Balaban J connectivity index is -0.000000105. The van der Waals surface area contributed by atoms with Crippen LogP contribution in [0.5, 0.6) is 0 Å². The summed E-state index contributed by atoms with van der Waals surface area (Å²) < 4.78 is 44.2. The van der Waals surface area contributed by atoms with Gasteiger partial charge in [0.25, 0.3) is 0 Å². The molecule has 0 spiro atoms. The van der Waals surface area contributed by atoms with Gasteiger partial charge in [0.15, 0.2) is 9.84 Å². The first-order valence-electron chi connectivity index (χ1n) is 22.6. The Bertz CT molecular complexity index is 1020. The van der Waals surface area contributed by atoms with Crippen molar-refractivity contribution in [3.63, 3.8) is 0 Å². The maximum atomic E-state index is 11.2. The molecule has 0 amide bonds. The van der Waals surface area contributed by atoms with E-state index in [4.69, 9.17) is 12.2 Å². The fourth-order valence-corrected chi connectivity index (χ4v) is 7.93. The number of ketones is 1. The highest BCUT2D eigenvalue weighted by molar-refractivity contribution is 7.92. The number of sulfone groups is 1. The Morgan fingerprint density at radius 1 is 0.466 bits per heavy atom. The number of carbonyl (C=O) groups excluding carboxylic acids is 1. The van der Waals surface area contributed by atoms with Crippen LogP contribution in [-0.2, 0) is 30.0 Å². The first kappa shape index (κ1) is 72.5. The Morgan fingerprint density at radius 2 is 0.672 bits per heavy atom. The van der Waals surface area contributed by atoms with Crippen LogP contribution in [0.1, 0.15) is 208 Å². The summed E-state index contributed by atoms with van der Waals surface area (Å²) in [7, 11) is -6.27. The molecule has 0 heterocycles. The van der Waals surface area contributed by atoms with Gasteiger partial charge in [-0.2, -0.15) is 0 Å². The van der Waals surface area contributed by atoms with Crippen molar-refractivity contribution in [3.05, 3.63) is 0 Å². The van der Waals surface area contributed by atoms with E-state index in [0.717, 1.165) is 35.5 Å². The highest BCUT2D eigenvalue weighted by atomic mass is 32.2. The lowest BCUT2D eigenvalue weighted by molar-refractivity contribution is -0.124. The Morgan fingerprint density at radius 3 is 0.672 bits per heavy atom. The summed E-state index contributed by atoms with van der Waals surface area (Å²) >= 11 is 5.10. The lowest BCUT2D eigenvalue weighted by Gasteiger charge is -2.18. The third-order valence-electron chi connectivity index (χ3n) is 10.2. The fraction of sp³-hybridized carbons (Fsp3) is 0.958. The normalized spacial score (nSPS) is 12.0. The minimum atomic E-state index is -2.84. The molecule has 0 saturated carbocycles. The van der Waals surface area contributed by atoms with Crippen LogP contribution in [0.4, 0.5) is 0 Å².